The monoisotopic (exact) mass is 210 g/mol. The third kappa shape index (κ3) is 3.05. The minimum Gasteiger partial charge on any atom is -0.267 e. The molecule has 0 saturated carbocycles. The summed E-state index contributed by atoms with van der Waals surface area (Å²) in [7, 11) is 0. The van der Waals surface area contributed by atoms with Crippen molar-refractivity contribution >= 4 is 17.5 Å². The summed E-state index contributed by atoms with van der Waals surface area (Å²) in [6.07, 6.45) is 6.35. The van der Waals surface area contributed by atoms with Gasteiger partial charge in [-0.1, -0.05) is 17.5 Å². The van der Waals surface area contributed by atoms with Crippen molar-refractivity contribution in [3.63, 3.8) is 0 Å². The van der Waals surface area contributed by atoms with Crippen LogP contribution in [0.4, 0.5) is 0 Å². The van der Waals surface area contributed by atoms with Gasteiger partial charge in [-0.05, 0) is 12.1 Å². The second-order valence-corrected chi connectivity index (χ2v) is 2.68. The van der Waals surface area contributed by atoms with Gasteiger partial charge in [0.1, 0.15) is 11.8 Å². The SMILES string of the molecule is C#CCONC(=O)c1ccnc(Cl)c1. The molecule has 0 unspecified atom stereocenters. The molecule has 0 atom stereocenters. The van der Waals surface area contributed by atoms with Crippen molar-refractivity contribution in [3.05, 3.63) is 29.0 Å². The second kappa shape index (κ2) is 5.22. The molecular weight excluding hydrogens is 204 g/mol. The summed E-state index contributed by atoms with van der Waals surface area (Å²) in [5.41, 5.74) is 2.52. The highest BCUT2D eigenvalue weighted by atomic mass is 35.5. The van der Waals surface area contributed by atoms with Gasteiger partial charge in [-0.25, -0.2) is 10.5 Å². The van der Waals surface area contributed by atoms with Gasteiger partial charge in [0, 0.05) is 11.8 Å². The van der Waals surface area contributed by atoms with E-state index in [1.165, 1.54) is 18.3 Å². The number of aromatic nitrogens is 1. The first-order chi connectivity index (χ1) is 6.74. The van der Waals surface area contributed by atoms with Crippen LogP contribution >= 0.6 is 11.6 Å². The molecule has 1 N–H and O–H groups in total. The second-order valence-electron chi connectivity index (χ2n) is 2.29. The average Bonchev–Trinajstić information content (AvgIpc) is 2.18. The molecule has 0 spiro atoms. The van der Waals surface area contributed by atoms with Crippen molar-refractivity contribution in [1.29, 1.82) is 0 Å². The van der Waals surface area contributed by atoms with Crippen LogP contribution in [-0.2, 0) is 4.84 Å². The van der Waals surface area contributed by atoms with Crippen molar-refractivity contribution in [2.45, 2.75) is 0 Å². The van der Waals surface area contributed by atoms with E-state index in [4.69, 9.17) is 18.0 Å². The lowest BCUT2D eigenvalue weighted by Crippen LogP contribution is -2.23. The Hall–Kier alpha value is -1.57. The molecule has 0 aromatic carbocycles. The molecule has 5 heteroatoms. The Balaban J connectivity index is 2.57. The summed E-state index contributed by atoms with van der Waals surface area (Å²) in [6.45, 7) is 0.0184. The zero-order valence-electron chi connectivity index (χ0n) is 7.16. The fraction of sp³-hybridized carbons (Fsp3) is 0.111. The van der Waals surface area contributed by atoms with E-state index in [1.807, 2.05) is 0 Å². The maximum Gasteiger partial charge on any atom is 0.275 e. The number of nitrogens with one attached hydrogen (secondary N) is 1. The molecule has 1 heterocycles. The predicted octanol–water partition coefficient (Wildman–Crippen LogP) is 1.03. The van der Waals surface area contributed by atoms with E-state index in [9.17, 15) is 4.79 Å². The molecule has 0 aliphatic carbocycles. The molecule has 0 fully saturated rings. The Labute approximate surface area is 86.2 Å². The van der Waals surface area contributed by atoms with Crippen LogP contribution in [0.3, 0.4) is 0 Å². The Morgan fingerprint density at radius 3 is 3.21 bits per heavy atom. The van der Waals surface area contributed by atoms with Gasteiger partial charge in [0.05, 0.1) is 0 Å². The van der Waals surface area contributed by atoms with Crippen molar-refractivity contribution < 1.29 is 9.63 Å². The topological polar surface area (TPSA) is 51.2 Å². The lowest BCUT2D eigenvalue weighted by molar-refractivity contribution is 0.0438. The van der Waals surface area contributed by atoms with E-state index in [1.54, 1.807) is 0 Å². The maximum absolute atomic E-state index is 11.3. The number of carbonyl (C=O) groups is 1. The Morgan fingerprint density at radius 1 is 1.79 bits per heavy atom. The third-order valence-electron chi connectivity index (χ3n) is 1.31. The van der Waals surface area contributed by atoms with E-state index in [0.717, 1.165) is 0 Å². The predicted molar refractivity (Wildman–Crippen MR) is 51.5 cm³/mol. The number of terminal acetylenes is 1. The van der Waals surface area contributed by atoms with Crippen LogP contribution in [0.5, 0.6) is 0 Å². The standard InChI is InChI=1S/C9H7ClN2O2/c1-2-5-14-12-9(13)7-3-4-11-8(10)6-7/h1,3-4,6H,5H2,(H,12,13). The molecule has 1 aromatic rings. The molecule has 1 amide bonds. The Kier molecular flexibility index (Phi) is 3.92. The number of carbonyl (C=O) groups excluding carboxylic acids is 1. The molecule has 0 aliphatic heterocycles. The molecule has 14 heavy (non-hydrogen) atoms. The van der Waals surface area contributed by atoms with E-state index in [2.05, 4.69) is 21.2 Å². The van der Waals surface area contributed by atoms with Crippen LogP contribution in [0.15, 0.2) is 18.3 Å². The minimum atomic E-state index is -0.412. The highest BCUT2D eigenvalue weighted by Crippen LogP contribution is 2.06. The molecule has 1 aromatic heterocycles. The lowest BCUT2D eigenvalue weighted by Gasteiger charge is -2.02. The van der Waals surface area contributed by atoms with Crippen molar-refractivity contribution in [2.75, 3.05) is 6.61 Å². The minimum absolute atomic E-state index is 0.0184. The van der Waals surface area contributed by atoms with Crippen molar-refractivity contribution in [3.8, 4) is 12.3 Å². The number of nitrogens with zero attached hydrogens (tertiary/aromatic N) is 1. The number of hydrogen-bond donors (Lipinski definition) is 1. The normalized spacial score (nSPS) is 9.14. The van der Waals surface area contributed by atoms with Crippen LogP contribution in [0.25, 0.3) is 0 Å². The summed E-state index contributed by atoms with van der Waals surface area (Å²) in [4.78, 5) is 19.7. The van der Waals surface area contributed by atoms with E-state index < -0.39 is 5.91 Å². The Bertz CT molecular complexity index is 373. The summed E-state index contributed by atoms with van der Waals surface area (Å²) in [5, 5.41) is 0.245. The number of amides is 1. The summed E-state index contributed by atoms with van der Waals surface area (Å²) < 4.78 is 0. The van der Waals surface area contributed by atoms with Gasteiger partial charge in [0.2, 0.25) is 0 Å². The maximum atomic E-state index is 11.3. The first kappa shape index (κ1) is 10.5. The zero-order valence-corrected chi connectivity index (χ0v) is 7.91. The van der Waals surface area contributed by atoms with Crippen LogP contribution in [0, 0.1) is 12.3 Å². The van der Waals surface area contributed by atoms with Gasteiger partial charge >= 0.3 is 0 Å². The summed E-state index contributed by atoms with van der Waals surface area (Å²) in [5.74, 6) is 1.80. The number of halogens is 1. The fourth-order valence-corrected chi connectivity index (χ4v) is 0.920. The fourth-order valence-electron chi connectivity index (χ4n) is 0.746. The summed E-state index contributed by atoms with van der Waals surface area (Å²) in [6, 6.07) is 2.94. The zero-order chi connectivity index (χ0) is 10.4. The van der Waals surface area contributed by atoms with Gasteiger partial charge in [-0.3, -0.25) is 9.63 Å². The van der Waals surface area contributed by atoms with Crippen LogP contribution in [0.2, 0.25) is 5.15 Å². The molecule has 4 nitrogen and oxygen atoms in total. The molecule has 0 radical (unpaired) electrons. The molecule has 72 valence electrons. The highest BCUT2D eigenvalue weighted by molar-refractivity contribution is 6.29. The summed E-state index contributed by atoms with van der Waals surface area (Å²) >= 11 is 5.59. The van der Waals surface area contributed by atoms with Crippen LogP contribution in [0.1, 0.15) is 10.4 Å². The van der Waals surface area contributed by atoms with E-state index in [-0.39, 0.29) is 11.8 Å². The van der Waals surface area contributed by atoms with Crippen LogP contribution < -0.4 is 5.48 Å². The highest BCUT2D eigenvalue weighted by Gasteiger charge is 2.05. The average molecular weight is 211 g/mol. The van der Waals surface area contributed by atoms with Crippen LogP contribution in [-0.4, -0.2) is 17.5 Å². The smallest absolute Gasteiger partial charge is 0.267 e. The van der Waals surface area contributed by atoms with Gasteiger partial charge in [-0.2, -0.15) is 0 Å². The first-order valence-corrected chi connectivity index (χ1v) is 4.09. The molecule has 0 aliphatic rings. The van der Waals surface area contributed by atoms with E-state index >= 15 is 0 Å². The number of hydroxylamine groups is 1. The molecular formula is C9H7ClN2O2. The molecule has 0 bridgehead atoms. The van der Waals surface area contributed by atoms with Gasteiger partial charge < -0.3 is 0 Å². The number of pyridine rings is 1. The number of hydrogen-bond acceptors (Lipinski definition) is 3. The van der Waals surface area contributed by atoms with Crippen molar-refractivity contribution in [2.24, 2.45) is 0 Å². The quantitative estimate of drug-likeness (QED) is 0.351. The molecule has 0 saturated heterocycles. The van der Waals surface area contributed by atoms with Crippen molar-refractivity contribution in [1.82, 2.24) is 10.5 Å². The van der Waals surface area contributed by atoms with Gasteiger partial charge in [0.15, 0.2) is 0 Å². The first-order valence-electron chi connectivity index (χ1n) is 3.71. The largest absolute Gasteiger partial charge is 0.275 e. The molecule has 1 rings (SSSR count). The van der Waals surface area contributed by atoms with Gasteiger partial charge in [-0.15, -0.1) is 6.42 Å². The Morgan fingerprint density at radius 2 is 2.57 bits per heavy atom. The van der Waals surface area contributed by atoms with Gasteiger partial charge in [0.25, 0.3) is 5.91 Å². The third-order valence-corrected chi connectivity index (χ3v) is 1.52. The lowest BCUT2D eigenvalue weighted by atomic mass is 10.3. The number of rotatable bonds is 3. The van der Waals surface area contributed by atoms with E-state index in [0.29, 0.717) is 5.56 Å².